The molecule has 86 valence electrons. The van der Waals surface area contributed by atoms with Gasteiger partial charge in [0.2, 0.25) is 0 Å². The highest BCUT2D eigenvalue weighted by atomic mass is 16.5. The van der Waals surface area contributed by atoms with Crippen molar-refractivity contribution >= 4 is 5.97 Å². The third-order valence-corrected chi connectivity index (χ3v) is 3.40. The van der Waals surface area contributed by atoms with Crippen LogP contribution in [0.3, 0.4) is 0 Å². The molecular weight excluding hydrogens is 194 g/mol. The molecule has 0 aliphatic carbocycles. The van der Waals surface area contributed by atoms with Crippen molar-refractivity contribution < 1.29 is 14.6 Å². The highest BCUT2D eigenvalue weighted by molar-refractivity contribution is 5.70. The topological polar surface area (TPSA) is 49.8 Å². The molecule has 0 saturated carbocycles. The van der Waals surface area contributed by atoms with Crippen molar-refractivity contribution in [3.63, 3.8) is 0 Å². The summed E-state index contributed by atoms with van der Waals surface area (Å²) >= 11 is 0. The van der Waals surface area contributed by atoms with Crippen LogP contribution in [0.25, 0.3) is 0 Å². The smallest absolute Gasteiger partial charge is 0.307 e. The second kappa shape index (κ2) is 4.49. The highest BCUT2D eigenvalue weighted by Gasteiger charge is 2.31. The van der Waals surface area contributed by atoms with E-state index < -0.39 is 5.97 Å². The summed E-state index contributed by atoms with van der Waals surface area (Å²) in [6.07, 6.45) is 3.76. The minimum absolute atomic E-state index is 0.163. The molecule has 0 spiro atoms. The normalized spacial score (nSPS) is 37.3. The SMILES string of the molecule is CC1CCC(CN2CCC(C(=O)O)C2)O1. The molecule has 2 aliphatic rings. The first-order valence-electron chi connectivity index (χ1n) is 5.76. The highest BCUT2D eigenvalue weighted by Crippen LogP contribution is 2.23. The Morgan fingerprint density at radius 2 is 2.27 bits per heavy atom. The Morgan fingerprint density at radius 3 is 2.80 bits per heavy atom. The number of hydrogen-bond donors (Lipinski definition) is 1. The summed E-state index contributed by atoms with van der Waals surface area (Å²) in [6, 6.07) is 0. The molecule has 4 nitrogen and oxygen atoms in total. The van der Waals surface area contributed by atoms with Gasteiger partial charge in [-0.1, -0.05) is 0 Å². The van der Waals surface area contributed by atoms with E-state index in [2.05, 4.69) is 11.8 Å². The van der Waals surface area contributed by atoms with Crippen LogP contribution in [-0.4, -0.2) is 47.8 Å². The van der Waals surface area contributed by atoms with Crippen LogP contribution in [0.4, 0.5) is 0 Å². The van der Waals surface area contributed by atoms with Crippen molar-refractivity contribution in [1.29, 1.82) is 0 Å². The number of carboxylic acids is 1. The van der Waals surface area contributed by atoms with Gasteiger partial charge in [0.05, 0.1) is 18.1 Å². The minimum Gasteiger partial charge on any atom is -0.481 e. The monoisotopic (exact) mass is 213 g/mol. The summed E-state index contributed by atoms with van der Waals surface area (Å²) in [5.41, 5.74) is 0. The first-order valence-corrected chi connectivity index (χ1v) is 5.76. The quantitative estimate of drug-likeness (QED) is 0.758. The molecule has 2 fully saturated rings. The maximum absolute atomic E-state index is 10.8. The summed E-state index contributed by atoms with van der Waals surface area (Å²) < 4.78 is 5.73. The number of likely N-dealkylation sites (tertiary alicyclic amines) is 1. The number of carboxylic acid groups (broad SMARTS) is 1. The second-order valence-electron chi connectivity index (χ2n) is 4.73. The molecule has 2 rings (SSSR count). The second-order valence-corrected chi connectivity index (χ2v) is 4.73. The molecule has 0 aromatic heterocycles. The predicted octanol–water partition coefficient (Wildman–Crippen LogP) is 0.960. The van der Waals surface area contributed by atoms with E-state index in [0.717, 1.165) is 32.4 Å². The minimum atomic E-state index is -0.654. The molecule has 2 saturated heterocycles. The van der Waals surface area contributed by atoms with Gasteiger partial charge in [-0.2, -0.15) is 0 Å². The maximum atomic E-state index is 10.8. The third-order valence-electron chi connectivity index (χ3n) is 3.40. The Morgan fingerprint density at radius 1 is 1.47 bits per heavy atom. The van der Waals surface area contributed by atoms with Crippen LogP contribution in [0.5, 0.6) is 0 Å². The lowest BCUT2D eigenvalue weighted by molar-refractivity contribution is -0.141. The van der Waals surface area contributed by atoms with Gasteiger partial charge in [-0.25, -0.2) is 0 Å². The molecule has 0 aromatic rings. The van der Waals surface area contributed by atoms with Crippen molar-refractivity contribution in [3.05, 3.63) is 0 Å². The maximum Gasteiger partial charge on any atom is 0.307 e. The van der Waals surface area contributed by atoms with E-state index in [-0.39, 0.29) is 5.92 Å². The molecule has 2 heterocycles. The van der Waals surface area contributed by atoms with Gasteiger partial charge < -0.3 is 9.84 Å². The summed E-state index contributed by atoms with van der Waals surface area (Å²) in [6.45, 7) is 4.62. The lowest BCUT2D eigenvalue weighted by Crippen LogP contribution is -2.31. The average molecular weight is 213 g/mol. The van der Waals surface area contributed by atoms with Crippen LogP contribution in [0.1, 0.15) is 26.2 Å². The zero-order valence-corrected chi connectivity index (χ0v) is 9.19. The average Bonchev–Trinajstić information content (AvgIpc) is 2.76. The summed E-state index contributed by atoms with van der Waals surface area (Å²) in [4.78, 5) is 13.0. The number of hydrogen-bond acceptors (Lipinski definition) is 3. The fourth-order valence-electron chi connectivity index (χ4n) is 2.51. The van der Waals surface area contributed by atoms with Gasteiger partial charge in [-0.3, -0.25) is 9.69 Å². The molecule has 3 atom stereocenters. The standard InChI is InChI=1S/C11H19NO3/c1-8-2-3-10(15-8)7-12-5-4-9(6-12)11(13)14/h8-10H,2-7H2,1H3,(H,13,14). The molecule has 2 aliphatic heterocycles. The summed E-state index contributed by atoms with van der Waals surface area (Å²) in [5, 5.41) is 8.88. The van der Waals surface area contributed by atoms with Gasteiger partial charge in [0, 0.05) is 13.1 Å². The Labute approximate surface area is 90.2 Å². The van der Waals surface area contributed by atoms with Gasteiger partial charge in [0.1, 0.15) is 0 Å². The molecule has 15 heavy (non-hydrogen) atoms. The summed E-state index contributed by atoms with van der Waals surface area (Å²) in [5.74, 6) is -0.818. The molecular formula is C11H19NO3. The number of rotatable bonds is 3. The van der Waals surface area contributed by atoms with Gasteiger partial charge >= 0.3 is 5.97 Å². The van der Waals surface area contributed by atoms with Crippen LogP contribution in [0.15, 0.2) is 0 Å². The number of carbonyl (C=O) groups is 1. The van der Waals surface area contributed by atoms with Crippen LogP contribution < -0.4 is 0 Å². The van der Waals surface area contributed by atoms with Gasteiger partial charge in [-0.05, 0) is 32.7 Å². The Hall–Kier alpha value is -0.610. The number of ether oxygens (including phenoxy) is 1. The molecule has 0 radical (unpaired) electrons. The van der Waals surface area contributed by atoms with Crippen LogP contribution in [-0.2, 0) is 9.53 Å². The predicted molar refractivity (Wildman–Crippen MR) is 55.8 cm³/mol. The Bertz CT molecular complexity index is 244. The van der Waals surface area contributed by atoms with E-state index in [0.29, 0.717) is 18.8 Å². The number of aliphatic carboxylic acids is 1. The Kier molecular flexibility index (Phi) is 3.26. The van der Waals surface area contributed by atoms with E-state index in [4.69, 9.17) is 9.84 Å². The van der Waals surface area contributed by atoms with Crippen molar-refractivity contribution in [2.24, 2.45) is 5.92 Å². The molecule has 1 N–H and O–H groups in total. The lowest BCUT2D eigenvalue weighted by Gasteiger charge is -2.19. The van der Waals surface area contributed by atoms with Gasteiger partial charge in [0.15, 0.2) is 0 Å². The fourth-order valence-corrected chi connectivity index (χ4v) is 2.51. The zero-order chi connectivity index (χ0) is 10.8. The third kappa shape index (κ3) is 2.69. The van der Waals surface area contributed by atoms with E-state index >= 15 is 0 Å². The lowest BCUT2D eigenvalue weighted by atomic mass is 10.1. The van der Waals surface area contributed by atoms with Crippen LogP contribution >= 0.6 is 0 Å². The molecule has 4 heteroatoms. The first-order chi connectivity index (χ1) is 7.15. The first kappa shape index (κ1) is 10.9. The van der Waals surface area contributed by atoms with Gasteiger partial charge in [-0.15, -0.1) is 0 Å². The zero-order valence-electron chi connectivity index (χ0n) is 9.19. The molecule has 0 amide bonds. The van der Waals surface area contributed by atoms with Crippen molar-refractivity contribution in [2.45, 2.75) is 38.4 Å². The molecule has 0 bridgehead atoms. The van der Waals surface area contributed by atoms with Crippen LogP contribution in [0, 0.1) is 5.92 Å². The van der Waals surface area contributed by atoms with Crippen molar-refractivity contribution in [2.75, 3.05) is 19.6 Å². The molecule has 3 unspecified atom stereocenters. The van der Waals surface area contributed by atoms with Crippen molar-refractivity contribution in [3.8, 4) is 0 Å². The molecule has 0 aromatic carbocycles. The fraction of sp³-hybridized carbons (Fsp3) is 0.909. The number of nitrogens with zero attached hydrogens (tertiary/aromatic N) is 1. The van der Waals surface area contributed by atoms with E-state index in [1.54, 1.807) is 0 Å². The summed E-state index contributed by atoms with van der Waals surface area (Å²) in [7, 11) is 0. The van der Waals surface area contributed by atoms with E-state index in [9.17, 15) is 4.79 Å². The van der Waals surface area contributed by atoms with Gasteiger partial charge in [0.25, 0.3) is 0 Å². The van der Waals surface area contributed by atoms with E-state index in [1.165, 1.54) is 0 Å². The van der Waals surface area contributed by atoms with E-state index in [1.807, 2.05) is 0 Å². The Balaban J connectivity index is 1.75. The van der Waals surface area contributed by atoms with Crippen LogP contribution in [0.2, 0.25) is 0 Å². The van der Waals surface area contributed by atoms with Crippen molar-refractivity contribution in [1.82, 2.24) is 4.90 Å². The largest absolute Gasteiger partial charge is 0.481 e.